The molecule has 0 atom stereocenters. The van der Waals surface area contributed by atoms with Crippen LogP contribution >= 0.6 is 0 Å². The molecule has 114 valence electrons. The number of hydrogen-bond acceptors (Lipinski definition) is 3. The zero-order valence-corrected chi connectivity index (χ0v) is 12.6. The van der Waals surface area contributed by atoms with E-state index in [9.17, 15) is 9.59 Å². The van der Waals surface area contributed by atoms with E-state index in [0.29, 0.717) is 17.0 Å². The summed E-state index contributed by atoms with van der Waals surface area (Å²) in [6, 6.07) is 5.03. The lowest BCUT2D eigenvalue weighted by atomic mass is 9.88. The maximum Gasteiger partial charge on any atom is 0.251 e. The third kappa shape index (κ3) is 3.74. The number of rotatable bonds is 4. The lowest BCUT2D eigenvalue weighted by molar-refractivity contribution is -0.120. The van der Waals surface area contributed by atoms with Crippen LogP contribution in [0.2, 0.25) is 0 Å². The van der Waals surface area contributed by atoms with Crippen LogP contribution in [0.3, 0.4) is 0 Å². The second kappa shape index (κ2) is 7.11. The van der Waals surface area contributed by atoms with E-state index in [1.54, 1.807) is 25.2 Å². The van der Waals surface area contributed by atoms with Crippen molar-refractivity contribution in [2.75, 3.05) is 19.5 Å². The Bertz CT molecular complexity index is 522. The van der Waals surface area contributed by atoms with Crippen molar-refractivity contribution in [2.24, 2.45) is 5.92 Å². The van der Waals surface area contributed by atoms with Crippen LogP contribution in [-0.4, -0.2) is 26.0 Å². The van der Waals surface area contributed by atoms with Gasteiger partial charge in [-0.1, -0.05) is 19.3 Å². The van der Waals surface area contributed by atoms with Gasteiger partial charge in [-0.2, -0.15) is 0 Å². The standard InChI is InChI=1S/C16H22N2O3/c1-17-15(19)12-8-9-13(14(10-12)21-2)18-16(20)11-6-4-3-5-7-11/h8-11H,3-7H2,1-2H3,(H,17,19)(H,18,20). The molecule has 2 amide bonds. The van der Waals surface area contributed by atoms with E-state index in [0.717, 1.165) is 25.7 Å². The number of methoxy groups -OCH3 is 1. The van der Waals surface area contributed by atoms with Gasteiger partial charge in [0, 0.05) is 18.5 Å². The number of nitrogens with one attached hydrogen (secondary N) is 2. The molecule has 5 heteroatoms. The summed E-state index contributed by atoms with van der Waals surface area (Å²) in [4.78, 5) is 23.9. The first-order valence-corrected chi connectivity index (χ1v) is 7.36. The second-order valence-electron chi connectivity index (χ2n) is 5.32. The van der Waals surface area contributed by atoms with Crippen molar-refractivity contribution in [3.8, 4) is 5.75 Å². The van der Waals surface area contributed by atoms with Gasteiger partial charge in [0.05, 0.1) is 12.8 Å². The molecule has 1 aromatic carbocycles. The molecule has 1 aliphatic carbocycles. The normalized spacial score (nSPS) is 15.3. The fourth-order valence-electron chi connectivity index (χ4n) is 2.68. The van der Waals surface area contributed by atoms with Crippen LogP contribution < -0.4 is 15.4 Å². The Morgan fingerprint density at radius 1 is 1.19 bits per heavy atom. The largest absolute Gasteiger partial charge is 0.495 e. The zero-order valence-electron chi connectivity index (χ0n) is 12.6. The molecule has 0 spiro atoms. The molecule has 0 unspecified atom stereocenters. The summed E-state index contributed by atoms with van der Waals surface area (Å²) in [6.07, 6.45) is 5.35. The van der Waals surface area contributed by atoms with Gasteiger partial charge in [0.1, 0.15) is 5.75 Å². The second-order valence-corrected chi connectivity index (χ2v) is 5.32. The minimum Gasteiger partial charge on any atom is -0.495 e. The molecular formula is C16H22N2O3. The van der Waals surface area contributed by atoms with Gasteiger partial charge >= 0.3 is 0 Å². The van der Waals surface area contributed by atoms with Crippen molar-refractivity contribution in [1.29, 1.82) is 0 Å². The quantitative estimate of drug-likeness (QED) is 0.895. The van der Waals surface area contributed by atoms with Gasteiger partial charge in [-0.25, -0.2) is 0 Å². The van der Waals surface area contributed by atoms with Crippen LogP contribution in [0.5, 0.6) is 5.75 Å². The van der Waals surface area contributed by atoms with Gasteiger partial charge in [-0.15, -0.1) is 0 Å². The Morgan fingerprint density at radius 2 is 1.90 bits per heavy atom. The molecule has 0 bridgehead atoms. The molecule has 0 heterocycles. The minimum atomic E-state index is -0.182. The summed E-state index contributed by atoms with van der Waals surface area (Å²) in [6.45, 7) is 0. The molecule has 2 rings (SSSR count). The van der Waals surface area contributed by atoms with Gasteiger partial charge in [0.25, 0.3) is 5.91 Å². The van der Waals surface area contributed by atoms with Gasteiger partial charge in [0.15, 0.2) is 0 Å². The molecule has 0 radical (unpaired) electrons. The van der Waals surface area contributed by atoms with Crippen molar-refractivity contribution in [3.63, 3.8) is 0 Å². The fourth-order valence-corrected chi connectivity index (χ4v) is 2.68. The predicted octanol–water partition coefficient (Wildman–Crippen LogP) is 2.57. The molecule has 0 aliphatic heterocycles. The Labute approximate surface area is 125 Å². The summed E-state index contributed by atoms with van der Waals surface area (Å²) in [5.41, 5.74) is 1.12. The lowest BCUT2D eigenvalue weighted by Gasteiger charge is -2.21. The molecule has 5 nitrogen and oxygen atoms in total. The molecule has 1 saturated carbocycles. The summed E-state index contributed by atoms with van der Waals surface area (Å²) in [5.74, 6) is 0.446. The number of anilines is 1. The van der Waals surface area contributed by atoms with Gasteiger partial charge in [0.2, 0.25) is 5.91 Å². The Hall–Kier alpha value is -2.04. The van der Waals surface area contributed by atoms with E-state index in [1.807, 2.05) is 0 Å². The highest BCUT2D eigenvalue weighted by molar-refractivity contribution is 5.97. The first-order valence-electron chi connectivity index (χ1n) is 7.36. The summed E-state index contributed by atoms with van der Waals surface area (Å²) in [5, 5.41) is 5.48. The van der Waals surface area contributed by atoms with Crippen molar-refractivity contribution >= 4 is 17.5 Å². The van der Waals surface area contributed by atoms with Crippen LogP contribution in [0, 0.1) is 5.92 Å². The van der Waals surface area contributed by atoms with Crippen LogP contribution in [0.15, 0.2) is 18.2 Å². The first kappa shape index (κ1) is 15.4. The number of ether oxygens (including phenoxy) is 1. The van der Waals surface area contributed by atoms with Crippen molar-refractivity contribution in [1.82, 2.24) is 5.32 Å². The fraction of sp³-hybridized carbons (Fsp3) is 0.500. The van der Waals surface area contributed by atoms with E-state index in [1.165, 1.54) is 13.5 Å². The topological polar surface area (TPSA) is 67.4 Å². The lowest BCUT2D eigenvalue weighted by Crippen LogP contribution is -2.25. The van der Waals surface area contributed by atoms with E-state index < -0.39 is 0 Å². The van der Waals surface area contributed by atoms with Gasteiger partial charge in [-0.3, -0.25) is 9.59 Å². The molecule has 0 aromatic heterocycles. The maximum atomic E-state index is 12.3. The summed E-state index contributed by atoms with van der Waals surface area (Å²) >= 11 is 0. The average molecular weight is 290 g/mol. The monoisotopic (exact) mass is 290 g/mol. The molecule has 2 N–H and O–H groups in total. The highest BCUT2D eigenvalue weighted by atomic mass is 16.5. The van der Waals surface area contributed by atoms with Crippen LogP contribution in [-0.2, 0) is 4.79 Å². The van der Waals surface area contributed by atoms with Gasteiger partial charge < -0.3 is 15.4 Å². The number of amides is 2. The summed E-state index contributed by atoms with van der Waals surface area (Å²) < 4.78 is 5.27. The molecule has 1 aromatic rings. The molecule has 1 fully saturated rings. The number of carbonyl (C=O) groups is 2. The number of hydrogen-bond donors (Lipinski definition) is 2. The summed E-state index contributed by atoms with van der Waals surface area (Å²) in [7, 11) is 3.10. The predicted molar refractivity (Wildman–Crippen MR) is 81.6 cm³/mol. The van der Waals surface area contributed by atoms with Crippen molar-refractivity contribution < 1.29 is 14.3 Å². The SMILES string of the molecule is CNC(=O)c1ccc(NC(=O)C2CCCCC2)c(OC)c1. The zero-order chi connectivity index (χ0) is 15.2. The highest BCUT2D eigenvalue weighted by Crippen LogP contribution is 2.29. The van der Waals surface area contributed by atoms with E-state index in [2.05, 4.69) is 10.6 Å². The average Bonchev–Trinajstić information content (AvgIpc) is 2.55. The molecule has 1 aliphatic rings. The molecule has 0 saturated heterocycles. The van der Waals surface area contributed by atoms with Gasteiger partial charge in [-0.05, 0) is 31.0 Å². The minimum absolute atomic E-state index is 0.0423. The Kier molecular flexibility index (Phi) is 5.20. The van der Waals surface area contributed by atoms with E-state index in [4.69, 9.17) is 4.74 Å². The van der Waals surface area contributed by atoms with E-state index >= 15 is 0 Å². The maximum absolute atomic E-state index is 12.3. The van der Waals surface area contributed by atoms with Crippen molar-refractivity contribution in [3.05, 3.63) is 23.8 Å². The van der Waals surface area contributed by atoms with Crippen LogP contribution in [0.4, 0.5) is 5.69 Å². The Morgan fingerprint density at radius 3 is 2.52 bits per heavy atom. The first-order chi connectivity index (χ1) is 10.2. The third-order valence-corrected chi connectivity index (χ3v) is 3.92. The van der Waals surface area contributed by atoms with Crippen molar-refractivity contribution in [2.45, 2.75) is 32.1 Å². The number of benzene rings is 1. The smallest absolute Gasteiger partial charge is 0.251 e. The molecule has 21 heavy (non-hydrogen) atoms. The third-order valence-electron chi connectivity index (χ3n) is 3.92. The highest BCUT2D eigenvalue weighted by Gasteiger charge is 2.22. The van der Waals surface area contributed by atoms with Crippen LogP contribution in [0.1, 0.15) is 42.5 Å². The number of carbonyl (C=O) groups excluding carboxylic acids is 2. The van der Waals surface area contributed by atoms with E-state index in [-0.39, 0.29) is 17.7 Å². The Balaban J connectivity index is 2.11. The van der Waals surface area contributed by atoms with Crippen LogP contribution in [0.25, 0.3) is 0 Å². The molecular weight excluding hydrogens is 268 g/mol.